The zero-order valence-corrected chi connectivity index (χ0v) is 8.44. The molecule has 0 aliphatic heterocycles. The first-order chi connectivity index (χ1) is 6.65. The summed E-state index contributed by atoms with van der Waals surface area (Å²) in [7, 11) is 0. The molecule has 5 heteroatoms. The predicted octanol–water partition coefficient (Wildman–Crippen LogP) is 2.81. The maximum Gasteiger partial charge on any atom is 0.433 e. The number of furan rings is 1. The molecule has 0 bridgehead atoms. The Morgan fingerprint density at radius 3 is 2.43 bits per heavy atom. The molecule has 0 radical (unpaired) electrons. The summed E-state index contributed by atoms with van der Waals surface area (Å²) >= 11 is 0. The van der Waals surface area contributed by atoms with E-state index in [0.717, 1.165) is 0 Å². The van der Waals surface area contributed by atoms with Crippen molar-refractivity contribution in [1.82, 2.24) is 0 Å². The van der Waals surface area contributed by atoms with Gasteiger partial charge in [-0.15, -0.1) is 0 Å². The highest BCUT2D eigenvalue weighted by Gasteiger charge is 2.15. The van der Waals surface area contributed by atoms with Crippen molar-refractivity contribution in [3.8, 4) is 0 Å². The fourth-order valence-corrected chi connectivity index (χ4v) is 0.750. The lowest BCUT2D eigenvalue weighted by Gasteiger charge is -1.87. The van der Waals surface area contributed by atoms with Crippen LogP contribution in [0.4, 0.5) is 5.88 Å². The number of nitro groups is 1. The molecule has 14 heavy (non-hydrogen) atoms. The van der Waals surface area contributed by atoms with Crippen LogP contribution in [0.2, 0.25) is 0 Å². The van der Waals surface area contributed by atoms with Crippen LogP contribution in [0.5, 0.6) is 0 Å². The molecule has 0 aliphatic rings. The molecule has 0 saturated heterocycles. The quantitative estimate of drug-likeness (QED) is 0.426. The molecule has 0 unspecified atom stereocenters. The second kappa shape index (κ2) is 5.90. The summed E-state index contributed by atoms with van der Waals surface area (Å²) < 4.78 is 4.65. The summed E-state index contributed by atoms with van der Waals surface area (Å²) in [5.74, 6) is -0.584. The number of nitrogens with zero attached hydrogens (tertiary/aromatic N) is 1. The Bertz CT molecular complexity index is 316. The number of Topliss-reactive ketones (excluding diaryl/α,β-unsaturated/α-hetero) is 1. The standard InChI is InChI=1S/C7H7NO4.C2H6/c1-2-5(9)6-3-4-7(12-6)8(10)11;1-2/h3-4H,2H2,1H3;1-2H3. The van der Waals surface area contributed by atoms with Gasteiger partial charge in [-0.3, -0.25) is 14.9 Å². The predicted molar refractivity (Wildman–Crippen MR) is 51.3 cm³/mol. The molecule has 78 valence electrons. The molecular weight excluding hydrogens is 186 g/mol. The van der Waals surface area contributed by atoms with E-state index < -0.39 is 10.8 Å². The van der Waals surface area contributed by atoms with E-state index in [0.29, 0.717) is 0 Å². The lowest BCUT2D eigenvalue weighted by atomic mass is 10.2. The van der Waals surface area contributed by atoms with E-state index >= 15 is 0 Å². The first-order valence-corrected chi connectivity index (χ1v) is 4.42. The van der Waals surface area contributed by atoms with Crippen LogP contribution < -0.4 is 0 Å². The maximum absolute atomic E-state index is 10.9. The van der Waals surface area contributed by atoms with E-state index in [1.807, 2.05) is 13.8 Å². The van der Waals surface area contributed by atoms with Gasteiger partial charge in [0.1, 0.15) is 4.92 Å². The van der Waals surface area contributed by atoms with Gasteiger partial charge < -0.3 is 4.42 Å². The summed E-state index contributed by atoms with van der Waals surface area (Å²) in [4.78, 5) is 20.4. The Morgan fingerprint density at radius 2 is 2.07 bits per heavy atom. The number of ketones is 1. The Hall–Kier alpha value is -1.65. The van der Waals surface area contributed by atoms with Crippen molar-refractivity contribution >= 4 is 11.7 Å². The van der Waals surface area contributed by atoms with Crippen LogP contribution in [0.3, 0.4) is 0 Å². The Labute approximate surface area is 81.9 Å². The molecule has 1 aromatic heterocycles. The van der Waals surface area contributed by atoms with Crippen molar-refractivity contribution in [2.24, 2.45) is 0 Å². The third-order valence-corrected chi connectivity index (χ3v) is 1.37. The molecule has 0 aliphatic carbocycles. The fraction of sp³-hybridized carbons (Fsp3) is 0.444. The van der Waals surface area contributed by atoms with Gasteiger partial charge >= 0.3 is 5.88 Å². The number of carbonyl (C=O) groups excluding carboxylic acids is 1. The van der Waals surface area contributed by atoms with Gasteiger partial charge in [-0.25, -0.2) is 0 Å². The highest BCUT2D eigenvalue weighted by molar-refractivity contribution is 5.93. The molecule has 0 N–H and O–H groups in total. The van der Waals surface area contributed by atoms with Crippen LogP contribution in [0.1, 0.15) is 37.7 Å². The molecule has 0 aromatic carbocycles. The molecule has 0 fully saturated rings. The van der Waals surface area contributed by atoms with Crippen LogP contribution in [0.25, 0.3) is 0 Å². The second-order valence-corrected chi connectivity index (χ2v) is 2.17. The number of hydrogen-bond acceptors (Lipinski definition) is 4. The molecular formula is C9H13NO4. The molecule has 0 spiro atoms. The first kappa shape index (κ1) is 12.3. The van der Waals surface area contributed by atoms with Gasteiger partial charge in [0, 0.05) is 6.42 Å². The van der Waals surface area contributed by atoms with Crippen molar-refractivity contribution in [3.63, 3.8) is 0 Å². The number of hydrogen-bond donors (Lipinski definition) is 0. The van der Waals surface area contributed by atoms with Gasteiger partial charge in [-0.2, -0.15) is 0 Å². The minimum atomic E-state index is -0.674. The fourth-order valence-electron chi connectivity index (χ4n) is 0.750. The summed E-state index contributed by atoms with van der Waals surface area (Å²) in [6.07, 6.45) is 0.282. The topological polar surface area (TPSA) is 73.3 Å². The largest absolute Gasteiger partial charge is 0.433 e. The number of rotatable bonds is 3. The Balaban J connectivity index is 0.000000791. The maximum atomic E-state index is 10.9. The lowest BCUT2D eigenvalue weighted by molar-refractivity contribution is -0.402. The van der Waals surface area contributed by atoms with Gasteiger partial charge in [0.2, 0.25) is 0 Å². The molecule has 0 amide bonds. The minimum Gasteiger partial charge on any atom is -0.397 e. The molecule has 0 atom stereocenters. The van der Waals surface area contributed by atoms with Crippen LogP contribution in [0.15, 0.2) is 16.5 Å². The highest BCUT2D eigenvalue weighted by atomic mass is 16.6. The van der Waals surface area contributed by atoms with E-state index in [4.69, 9.17) is 0 Å². The van der Waals surface area contributed by atoms with Crippen molar-refractivity contribution in [1.29, 1.82) is 0 Å². The zero-order valence-electron chi connectivity index (χ0n) is 8.44. The summed E-state index contributed by atoms with van der Waals surface area (Å²) in [5.41, 5.74) is 0. The van der Waals surface area contributed by atoms with Crippen molar-refractivity contribution in [3.05, 3.63) is 28.0 Å². The summed E-state index contributed by atoms with van der Waals surface area (Å²) in [6.45, 7) is 5.66. The van der Waals surface area contributed by atoms with Crippen LogP contribution >= 0.6 is 0 Å². The SMILES string of the molecule is CC.CCC(=O)c1ccc([N+](=O)[O-])o1. The normalized spacial score (nSPS) is 8.79. The minimum absolute atomic E-state index is 0.0456. The molecule has 1 rings (SSSR count). The third-order valence-electron chi connectivity index (χ3n) is 1.37. The second-order valence-electron chi connectivity index (χ2n) is 2.17. The van der Waals surface area contributed by atoms with Crippen molar-refractivity contribution in [2.45, 2.75) is 27.2 Å². The van der Waals surface area contributed by atoms with E-state index in [1.54, 1.807) is 6.92 Å². The Morgan fingerprint density at radius 1 is 1.50 bits per heavy atom. The van der Waals surface area contributed by atoms with Gasteiger partial charge in [0.05, 0.1) is 6.07 Å². The van der Waals surface area contributed by atoms with Gasteiger partial charge in [0.15, 0.2) is 11.5 Å². The monoisotopic (exact) mass is 199 g/mol. The average molecular weight is 199 g/mol. The summed E-state index contributed by atoms with van der Waals surface area (Å²) in [5, 5.41) is 10.1. The zero-order chi connectivity index (χ0) is 11.1. The van der Waals surface area contributed by atoms with Crippen LogP contribution in [-0.4, -0.2) is 10.7 Å². The molecule has 5 nitrogen and oxygen atoms in total. The van der Waals surface area contributed by atoms with Crippen LogP contribution in [0, 0.1) is 10.1 Å². The molecule has 1 aromatic rings. The lowest BCUT2D eigenvalue weighted by Crippen LogP contribution is -1.92. The van der Waals surface area contributed by atoms with E-state index in [-0.39, 0.29) is 18.0 Å². The summed E-state index contributed by atoms with van der Waals surface area (Å²) in [6, 6.07) is 2.48. The van der Waals surface area contributed by atoms with E-state index in [9.17, 15) is 14.9 Å². The number of carbonyl (C=O) groups is 1. The third kappa shape index (κ3) is 3.01. The van der Waals surface area contributed by atoms with Gasteiger partial charge in [-0.1, -0.05) is 20.8 Å². The van der Waals surface area contributed by atoms with Gasteiger partial charge in [-0.05, 0) is 6.07 Å². The molecule has 1 heterocycles. The first-order valence-electron chi connectivity index (χ1n) is 4.42. The molecule has 0 saturated carbocycles. The smallest absolute Gasteiger partial charge is 0.397 e. The Kier molecular flexibility index (Phi) is 5.21. The van der Waals surface area contributed by atoms with Crippen molar-refractivity contribution in [2.75, 3.05) is 0 Å². The van der Waals surface area contributed by atoms with Crippen LogP contribution in [-0.2, 0) is 0 Å². The highest BCUT2D eigenvalue weighted by Crippen LogP contribution is 2.16. The van der Waals surface area contributed by atoms with Crippen molar-refractivity contribution < 1.29 is 14.1 Å². The van der Waals surface area contributed by atoms with Gasteiger partial charge in [0.25, 0.3) is 0 Å². The average Bonchev–Trinajstić information content (AvgIpc) is 2.68. The van der Waals surface area contributed by atoms with E-state index in [2.05, 4.69) is 4.42 Å². The van der Waals surface area contributed by atoms with E-state index in [1.165, 1.54) is 12.1 Å².